The number of hydrogen-bond donors (Lipinski definition) is 4. The van der Waals surface area contributed by atoms with Crippen LogP contribution in [0, 0.1) is 0 Å². The van der Waals surface area contributed by atoms with Crippen LogP contribution in [0.4, 0.5) is 4.79 Å². The Balaban J connectivity index is -0.0000000910. The van der Waals surface area contributed by atoms with E-state index in [1.165, 1.54) is 0 Å². The fourth-order valence-corrected chi connectivity index (χ4v) is 0. The minimum absolute atomic E-state index is 0. The zero-order chi connectivity index (χ0) is 8.08. The minimum atomic E-state index is -4.61. The predicted octanol–water partition coefficient (Wildman–Crippen LogP) is -5.06. The van der Waals surface area contributed by atoms with E-state index in [-0.39, 0.29) is 17.1 Å². The van der Waals surface area contributed by atoms with Crippen molar-refractivity contribution in [3.8, 4) is 0 Å². The molecule has 0 aromatic carbocycles. The Morgan fingerprint density at radius 2 is 1.10 bits per heavy atom. The van der Waals surface area contributed by atoms with E-state index in [0.29, 0.717) is 0 Å². The average molecular weight is 211 g/mol. The third kappa shape index (κ3) is 15600. The van der Waals surface area contributed by atoms with E-state index >= 15 is 0 Å². The van der Waals surface area contributed by atoms with Gasteiger partial charge in [-0.05, 0) is 6.16 Å². The van der Waals surface area contributed by atoms with Gasteiger partial charge in [-0.25, -0.2) is 0 Å². The summed E-state index contributed by atoms with van der Waals surface area (Å²) < 4.78 is 0. The van der Waals surface area contributed by atoms with E-state index in [0.717, 1.165) is 0 Å². The Morgan fingerprint density at radius 1 is 1.10 bits per heavy atom. The molecular formula is CH4MnO7Si. The van der Waals surface area contributed by atoms with Crippen LogP contribution < -0.4 is 10.2 Å². The fourth-order valence-electron chi connectivity index (χ4n) is 0. The predicted molar refractivity (Wildman–Crippen MR) is 20.0 cm³/mol. The zero-order valence-electron chi connectivity index (χ0n) is 4.39. The van der Waals surface area contributed by atoms with E-state index in [1.807, 2.05) is 0 Å². The topological polar surface area (TPSA) is 144 Å². The van der Waals surface area contributed by atoms with Gasteiger partial charge in [0, 0.05) is 0 Å². The van der Waals surface area contributed by atoms with Crippen molar-refractivity contribution in [2.45, 2.75) is 0 Å². The van der Waals surface area contributed by atoms with E-state index < -0.39 is 15.2 Å². The summed E-state index contributed by atoms with van der Waals surface area (Å²) in [6, 6.07) is 0. The second kappa shape index (κ2) is 6.96. The van der Waals surface area contributed by atoms with Gasteiger partial charge in [0.2, 0.25) is 0 Å². The van der Waals surface area contributed by atoms with Crippen molar-refractivity contribution in [2.75, 3.05) is 0 Å². The maximum atomic E-state index is 8.33. The Hall–Kier alpha value is -0.154. The molecule has 0 heterocycles. The molecular weight excluding hydrogens is 207 g/mol. The van der Waals surface area contributed by atoms with Gasteiger partial charge in [0.1, 0.15) is 0 Å². The number of hydrogen-bond acceptors (Lipinski definition) is 7. The van der Waals surface area contributed by atoms with Crippen LogP contribution in [0.25, 0.3) is 0 Å². The largest absolute Gasteiger partial charge is 2.00 e. The molecule has 10 heavy (non-hydrogen) atoms. The number of carbonyl (C=O) groups is 1. The minimum Gasteiger partial charge on any atom is -0.652 e. The first-order valence-corrected chi connectivity index (χ1v) is 3.30. The van der Waals surface area contributed by atoms with Crippen molar-refractivity contribution >= 4 is 15.2 Å². The van der Waals surface area contributed by atoms with Crippen LogP contribution in [-0.2, 0) is 17.1 Å². The number of carbonyl (C=O) groups excluding carboxylic acids is 1. The molecule has 0 atom stereocenters. The van der Waals surface area contributed by atoms with Gasteiger partial charge in [-0.2, -0.15) is 0 Å². The Labute approximate surface area is 67.1 Å². The van der Waals surface area contributed by atoms with Gasteiger partial charge in [0.25, 0.3) is 0 Å². The Bertz CT molecular complexity index is 76.1. The molecule has 0 unspecified atom stereocenters. The molecule has 0 aliphatic rings. The molecule has 0 aromatic rings. The molecule has 4 N–H and O–H groups in total. The van der Waals surface area contributed by atoms with Crippen LogP contribution in [-0.4, -0.2) is 34.4 Å². The maximum Gasteiger partial charge on any atom is 2.00 e. The molecule has 0 saturated heterocycles. The summed E-state index contributed by atoms with van der Waals surface area (Å²) in [7, 11) is -4.61. The van der Waals surface area contributed by atoms with Crippen LogP contribution in [0.15, 0.2) is 0 Å². The fraction of sp³-hybridized carbons (Fsp3) is 0. The van der Waals surface area contributed by atoms with Gasteiger partial charge in [-0.15, -0.1) is 0 Å². The van der Waals surface area contributed by atoms with Gasteiger partial charge in [-0.1, -0.05) is 0 Å². The van der Waals surface area contributed by atoms with Gasteiger partial charge in [0.15, 0.2) is 0 Å². The summed E-state index contributed by atoms with van der Waals surface area (Å²) >= 11 is 0. The molecule has 61 valence electrons. The second-order valence-corrected chi connectivity index (χ2v) is 2.05. The van der Waals surface area contributed by atoms with Crippen LogP contribution >= 0.6 is 0 Å². The third-order valence-electron chi connectivity index (χ3n) is 0. The quantitative estimate of drug-likeness (QED) is 0.293. The summed E-state index contributed by atoms with van der Waals surface area (Å²) in [4.78, 5) is 37.6. The van der Waals surface area contributed by atoms with Crippen molar-refractivity contribution < 1.29 is 51.3 Å². The number of carboxylic acid groups (broad SMARTS) is 2. The number of rotatable bonds is 0. The summed E-state index contributed by atoms with van der Waals surface area (Å²) in [5, 5.41) is 16.7. The molecule has 7 nitrogen and oxygen atoms in total. The summed E-state index contributed by atoms with van der Waals surface area (Å²) in [5.41, 5.74) is 0. The van der Waals surface area contributed by atoms with Crippen LogP contribution in [0.5, 0.6) is 0 Å². The normalized spacial score (nSPS) is 8.40. The molecule has 0 fully saturated rings. The molecule has 0 bridgehead atoms. The van der Waals surface area contributed by atoms with E-state index in [1.54, 1.807) is 0 Å². The average Bonchev–Trinajstić information content (AvgIpc) is 1.19. The molecule has 0 saturated carbocycles. The van der Waals surface area contributed by atoms with Crippen LogP contribution in [0.1, 0.15) is 0 Å². The first-order chi connectivity index (χ1) is 3.73. The second-order valence-electron chi connectivity index (χ2n) is 0.850. The molecule has 0 aliphatic heterocycles. The van der Waals surface area contributed by atoms with Crippen molar-refractivity contribution in [1.82, 2.24) is 0 Å². The first kappa shape index (κ1) is 16.4. The third-order valence-corrected chi connectivity index (χ3v) is 0. The summed E-state index contributed by atoms with van der Waals surface area (Å²) in [6.07, 6.45) is -2.33. The van der Waals surface area contributed by atoms with Crippen LogP contribution in [0.3, 0.4) is 0 Å². The van der Waals surface area contributed by atoms with Gasteiger partial charge < -0.3 is 34.2 Å². The molecule has 1 radical (unpaired) electrons. The maximum absolute atomic E-state index is 8.33. The van der Waals surface area contributed by atoms with Crippen molar-refractivity contribution in [1.29, 1.82) is 0 Å². The van der Waals surface area contributed by atoms with Gasteiger partial charge >= 0.3 is 26.1 Å². The Morgan fingerprint density at radius 3 is 1.10 bits per heavy atom. The summed E-state index contributed by atoms with van der Waals surface area (Å²) in [6.45, 7) is 0. The van der Waals surface area contributed by atoms with Crippen molar-refractivity contribution in [3.63, 3.8) is 0 Å². The molecule has 0 aromatic heterocycles. The van der Waals surface area contributed by atoms with E-state index in [2.05, 4.69) is 0 Å². The molecule has 9 heteroatoms. The Kier molecular flexibility index (Phi) is 11.4. The smallest absolute Gasteiger partial charge is 0.652 e. The molecule has 0 spiro atoms. The zero-order valence-corrected chi connectivity index (χ0v) is 6.57. The van der Waals surface area contributed by atoms with E-state index in [4.69, 9.17) is 34.2 Å². The van der Waals surface area contributed by atoms with Crippen molar-refractivity contribution in [2.24, 2.45) is 0 Å². The first-order valence-electron chi connectivity index (χ1n) is 1.51. The molecule has 0 amide bonds. The SMILES string of the molecule is O=C([O-])[O-].O[Si](O)(O)O.[Mn+2]. The molecule has 0 aliphatic carbocycles. The van der Waals surface area contributed by atoms with Crippen molar-refractivity contribution in [3.05, 3.63) is 0 Å². The van der Waals surface area contributed by atoms with Crippen LogP contribution in [0.2, 0.25) is 0 Å². The molecule has 0 rings (SSSR count). The summed E-state index contributed by atoms with van der Waals surface area (Å²) in [5.74, 6) is 0. The monoisotopic (exact) mass is 211 g/mol. The van der Waals surface area contributed by atoms with Gasteiger partial charge in [0.05, 0.1) is 0 Å². The standard InChI is InChI=1S/CH2O3.Mn.H4O4Si/c2-1(3)4;;1-5(2,3)4/h(H2,2,3,4);;1-4H/q;+2;/p-2. The van der Waals surface area contributed by atoms with E-state index in [9.17, 15) is 0 Å². The van der Waals surface area contributed by atoms with Gasteiger partial charge in [-0.3, -0.25) is 0 Å².